The molecule has 2 heterocycles. The number of pyridine rings is 1. The van der Waals surface area contributed by atoms with E-state index in [2.05, 4.69) is 16.0 Å². The summed E-state index contributed by atoms with van der Waals surface area (Å²) in [5.41, 5.74) is 9.85. The molecule has 104 valence electrons. The molecule has 0 fully saturated rings. The van der Waals surface area contributed by atoms with Gasteiger partial charge in [-0.25, -0.2) is 4.98 Å². The second kappa shape index (κ2) is 5.11. The molecule has 0 aliphatic carbocycles. The van der Waals surface area contributed by atoms with Gasteiger partial charge in [0.2, 0.25) is 0 Å². The number of nitrogens with two attached hydrogens (primary N) is 1. The van der Waals surface area contributed by atoms with E-state index in [1.54, 1.807) is 12.1 Å². The van der Waals surface area contributed by atoms with Gasteiger partial charge in [0.1, 0.15) is 11.6 Å². The Morgan fingerprint density at radius 2 is 2.05 bits per heavy atom. The van der Waals surface area contributed by atoms with Gasteiger partial charge in [0.25, 0.3) is 5.22 Å². The first-order valence-corrected chi connectivity index (χ1v) is 7.11. The number of hydrogen-bond donors (Lipinski definition) is 1. The third-order valence-electron chi connectivity index (χ3n) is 2.99. The Morgan fingerprint density at radius 1 is 1.24 bits per heavy atom. The minimum atomic E-state index is 0.483. The number of hydrogen-bond acceptors (Lipinski definition) is 6. The zero-order chi connectivity index (χ0) is 15.0. The van der Waals surface area contributed by atoms with Crippen molar-refractivity contribution in [2.75, 3.05) is 5.73 Å². The Labute approximate surface area is 125 Å². The molecule has 5 nitrogen and oxygen atoms in total. The first kappa shape index (κ1) is 13.5. The molecule has 0 saturated heterocycles. The highest BCUT2D eigenvalue weighted by atomic mass is 32.2. The van der Waals surface area contributed by atoms with Crippen LogP contribution in [0.2, 0.25) is 0 Å². The summed E-state index contributed by atoms with van der Waals surface area (Å²) in [5, 5.41) is 9.76. The van der Waals surface area contributed by atoms with Gasteiger partial charge in [0.05, 0.1) is 11.3 Å². The van der Waals surface area contributed by atoms with Gasteiger partial charge < -0.3 is 10.2 Å². The maximum Gasteiger partial charge on any atom is 0.261 e. The fourth-order valence-electron chi connectivity index (χ4n) is 2.07. The topological polar surface area (TPSA) is 88.7 Å². The van der Waals surface area contributed by atoms with E-state index in [0.717, 1.165) is 16.1 Å². The van der Waals surface area contributed by atoms with E-state index in [0.29, 0.717) is 27.8 Å². The van der Waals surface area contributed by atoms with Crippen molar-refractivity contribution in [3.63, 3.8) is 0 Å². The molecule has 6 heteroatoms. The van der Waals surface area contributed by atoms with E-state index in [-0.39, 0.29) is 0 Å². The van der Waals surface area contributed by atoms with Gasteiger partial charge in [-0.3, -0.25) is 4.98 Å². The standard InChI is InChI=1S/C15H12N4OS/c1-8-5-14(11(7-16)9(2)18-8)21-15-19-12-4-3-10(17)6-13(12)20-15/h3-6H,17H2,1-2H3. The van der Waals surface area contributed by atoms with Gasteiger partial charge in [-0.15, -0.1) is 0 Å². The molecule has 0 saturated carbocycles. The fourth-order valence-corrected chi connectivity index (χ4v) is 3.06. The predicted molar refractivity (Wildman–Crippen MR) is 81.0 cm³/mol. The fraction of sp³-hybridized carbons (Fsp3) is 0.133. The lowest BCUT2D eigenvalue weighted by atomic mass is 10.2. The normalized spacial score (nSPS) is 10.7. The van der Waals surface area contributed by atoms with Crippen LogP contribution < -0.4 is 5.73 Å². The van der Waals surface area contributed by atoms with Crippen LogP contribution in [-0.2, 0) is 0 Å². The number of oxazole rings is 1. The van der Waals surface area contributed by atoms with Crippen LogP contribution in [0.5, 0.6) is 0 Å². The van der Waals surface area contributed by atoms with Gasteiger partial charge in [-0.2, -0.15) is 5.26 Å². The number of benzene rings is 1. The highest BCUT2D eigenvalue weighted by molar-refractivity contribution is 7.99. The number of rotatable bonds is 2. The van der Waals surface area contributed by atoms with Crippen molar-refractivity contribution in [1.29, 1.82) is 5.26 Å². The van der Waals surface area contributed by atoms with Crippen molar-refractivity contribution >= 4 is 28.5 Å². The van der Waals surface area contributed by atoms with Crippen molar-refractivity contribution in [3.05, 3.63) is 41.2 Å². The van der Waals surface area contributed by atoms with E-state index in [4.69, 9.17) is 10.2 Å². The van der Waals surface area contributed by atoms with Crippen molar-refractivity contribution in [1.82, 2.24) is 9.97 Å². The van der Waals surface area contributed by atoms with Crippen LogP contribution in [0.1, 0.15) is 17.0 Å². The summed E-state index contributed by atoms with van der Waals surface area (Å²) in [7, 11) is 0. The largest absolute Gasteiger partial charge is 0.431 e. The lowest BCUT2D eigenvalue weighted by Crippen LogP contribution is -1.93. The average molecular weight is 296 g/mol. The average Bonchev–Trinajstić information content (AvgIpc) is 2.79. The summed E-state index contributed by atoms with van der Waals surface area (Å²) in [4.78, 5) is 9.49. The monoisotopic (exact) mass is 296 g/mol. The molecule has 3 aromatic rings. The summed E-state index contributed by atoms with van der Waals surface area (Å²) in [6.07, 6.45) is 0. The molecule has 0 unspecified atom stereocenters. The highest BCUT2D eigenvalue weighted by Gasteiger charge is 2.13. The Balaban J connectivity index is 2.04. The molecule has 0 aliphatic rings. The van der Waals surface area contributed by atoms with E-state index in [1.165, 1.54) is 11.8 Å². The van der Waals surface area contributed by atoms with Gasteiger partial charge in [0, 0.05) is 22.3 Å². The quantitative estimate of drug-likeness (QED) is 0.729. The van der Waals surface area contributed by atoms with Gasteiger partial charge >= 0.3 is 0 Å². The van der Waals surface area contributed by atoms with Crippen molar-refractivity contribution in [2.45, 2.75) is 24.0 Å². The minimum Gasteiger partial charge on any atom is -0.431 e. The van der Waals surface area contributed by atoms with Gasteiger partial charge in [0.15, 0.2) is 5.58 Å². The van der Waals surface area contributed by atoms with Gasteiger partial charge in [-0.1, -0.05) is 0 Å². The third kappa shape index (κ3) is 2.56. The first-order valence-electron chi connectivity index (χ1n) is 6.29. The molecule has 0 spiro atoms. The number of nitrogen functional groups attached to an aromatic ring is 1. The lowest BCUT2D eigenvalue weighted by molar-refractivity contribution is 0.489. The van der Waals surface area contributed by atoms with E-state index in [9.17, 15) is 5.26 Å². The molecule has 3 rings (SSSR count). The molecule has 0 amide bonds. The number of nitrogens with zero attached hydrogens (tertiary/aromatic N) is 3. The van der Waals surface area contributed by atoms with Crippen molar-refractivity contribution in [3.8, 4) is 6.07 Å². The maximum atomic E-state index is 9.27. The molecular weight excluding hydrogens is 284 g/mol. The SMILES string of the molecule is Cc1cc(Sc2nc3ccc(N)cc3o2)c(C#N)c(C)n1. The zero-order valence-corrected chi connectivity index (χ0v) is 12.4. The predicted octanol–water partition coefficient (Wildman–Crippen LogP) is 3.44. The summed E-state index contributed by atoms with van der Waals surface area (Å²) in [6, 6.07) is 9.37. The summed E-state index contributed by atoms with van der Waals surface area (Å²) >= 11 is 1.32. The van der Waals surface area contributed by atoms with Crippen LogP contribution in [0.4, 0.5) is 5.69 Å². The lowest BCUT2D eigenvalue weighted by Gasteiger charge is -2.04. The van der Waals surface area contributed by atoms with Crippen LogP contribution in [0.15, 0.2) is 38.8 Å². The Bertz CT molecular complexity index is 879. The molecule has 0 atom stereocenters. The third-order valence-corrected chi connectivity index (χ3v) is 3.89. The number of aryl methyl sites for hydroxylation is 2. The molecule has 2 N–H and O–H groups in total. The summed E-state index contributed by atoms with van der Waals surface area (Å²) in [5.74, 6) is 0. The number of anilines is 1. The number of aromatic nitrogens is 2. The van der Waals surface area contributed by atoms with Crippen LogP contribution in [0.25, 0.3) is 11.1 Å². The molecule has 1 aromatic carbocycles. The van der Waals surface area contributed by atoms with E-state index in [1.807, 2.05) is 26.0 Å². The summed E-state index contributed by atoms with van der Waals surface area (Å²) in [6.45, 7) is 3.72. The molecule has 0 radical (unpaired) electrons. The minimum absolute atomic E-state index is 0.483. The van der Waals surface area contributed by atoms with Crippen LogP contribution in [-0.4, -0.2) is 9.97 Å². The molecule has 0 aliphatic heterocycles. The van der Waals surface area contributed by atoms with E-state index >= 15 is 0 Å². The smallest absolute Gasteiger partial charge is 0.261 e. The second-order valence-electron chi connectivity index (χ2n) is 4.64. The summed E-state index contributed by atoms with van der Waals surface area (Å²) < 4.78 is 5.67. The molecule has 21 heavy (non-hydrogen) atoms. The zero-order valence-electron chi connectivity index (χ0n) is 11.5. The van der Waals surface area contributed by atoms with Gasteiger partial charge in [-0.05, 0) is 43.8 Å². The van der Waals surface area contributed by atoms with E-state index < -0.39 is 0 Å². The molecular formula is C15H12N4OS. The second-order valence-corrected chi connectivity index (χ2v) is 5.64. The van der Waals surface area contributed by atoms with Crippen LogP contribution in [0, 0.1) is 25.2 Å². The van der Waals surface area contributed by atoms with Crippen molar-refractivity contribution in [2.24, 2.45) is 0 Å². The van der Waals surface area contributed by atoms with Crippen molar-refractivity contribution < 1.29 is 4.42 Å². The Hall–Kier alpha value is -2.52. The first-order chi connectivity index (χ1) is 10.1. The van der Waals surface area contributed by atoms with Crippen LogP contribution in [0.3, 0.4) is 0 Å². The Kier molecular flexibility index (Phi) is 3.28. The van der Waals surface area contributed by atoms with Crippen LogP contribution >= 0.6 is 11.8 Å². The highest BCUT2D eigenvalue weighted by Crippen LogP contribution is 2.33. The molecule has 0 bridgehead atoms. The maximum absolute atomic E-state index is 9.27. The molecule has 2 aromatic heterocycles. The number of fused-ring (bicyclic) bond motifs is 1. The Morgan fingerprint density at radius 3 is 2.81 bits per heavy atom. The number of nitriles is 1.